The summed E-state index contributed by atoms with van der Waals surface area (Å²) in [6.07, 6.45) is 0. The van der Waals surface area contributed by atoms with Gasteiger partial charge in [0.05, 0.1) is 11.3 Å². The Morgan fingerprint density at radius 2 is 1.84 bits per heavy atom. The van der Waals surface area contributed by atoms with Crippen LogP contribution in [-0.2, 0) is 24.3 Å². The molecule has 0 unspecified atom stereocenters. The van der Waals surface area contributed by atoms with Gasteiger partial charge in [-0.2, -0.15) is 5.26 Å². The van der Waals surface area contributed by atoms with Crippen LogP contribution in [0.3, 0.4) is 0 Å². The van der Waals surface area contributed by atoms with E-state index in [0.717, 1.165) is 15.6 Å². The summed E-state index contributed by atoms with van der Waals surface area (Å²) in [5, 5.41) is 15.1. The van der Waals surface area contributed by atoms with Crippen molar-refractivity contribution in [3.63, 3.8) is 0 Å². The van der Waals surface area contributed by atoms with Crippen molar-refractivity contribution >= 4 is 55.3 Å². The molecule has 1 amide bonds. The first kappa shape index (κ1) is 23.3. The SMILES string of the molecule is CN(c1ccc(OCC(=O)OCC(=O)Nc2sccc2C#N)cc1)S(=O)(=O)c1cccs1. The van der Waals surface area contributed by atoms with E-state index in [4.69, 9.17) is 14.7 Å². The molecule has 1 aromatic carbocycles. The third-order valence-corrected chi connectivity index (χ3v) is 8.06. The van der Waals surface area contributed by atoms with Crippen molar-refractivity contribution < 1.29 is 27.5 Å². The Morgan fingerprint density at radius 1 is 1.09 bits per heavy atom. The van der Waals surface area contributed by atoms with E-state index in [-0.39, 0.29) is 4.21 Å². The lowest BCUT2D eigenvalue weighted by Crippen LogP contribution is -2.25. The predicted molar refractivity (Wildman–Crippen MR) is 120 cm³/mol. The van der Waals surface area contributed by atoms with E-state index >= 15 is 0 Å². The molecule has 3 rings (SSSR count). The van der Waals surface area contributed by atoms with Crippen molar-refractivity contribution in [1.82, 2.24) is 0 Å². The minimum atomic E-state index is -3.64. The molecular weight excluding hydrogens is 474 g/mol. The maximum Gasteiger partial charge on any atom is 0.344 e. The highest BCUT2D eigenvalue weighted by Crippen LogP contribution is 2.26. The van der Waals surface area contributed by atoms with Gasteiger partial charge >= 0.3 is 5.97 Å². The predicted octanol–water partition coefficient (Wildman–Crippen LogP) is 3.07. The Bertz CT molecular complexity index is 1230. The Morgan fingerprint density at radius 3 is 2.50 bits per heavy atom. The van der Waals surface area contributed by atoms with Gasteiger partial charge in [0.2, 0.25) is 0 Å². The number of benzene rings is 1. The summed E-state index contributed by atoms with van der Waals surface area (Å²) in [6, 6.07) is 12.9. The molecule has 32 heavy (non-hydrogen) atoms. The van der Waals surface area contributed by atoms with Crippen molar-refractivity contribution in [3.05, 3.63) is 58.8 Å². The third-order valence-electron chi connectivity index (χ3n) is 4.07. The first-order valence-electron chi connectivity index (χ1n) is 8.99. The molecule has 1 N–H and O–H groups in total. The minimum absolute atomic E-state index is 0.232. The second-order valence-electron chi connectivity index (χ2n) is 6.17. The second kappa shape index (κ2) is 10.3. The van der Waals surface area contributed by atoms with Crippen molar-refractivity contribution in [2.45, 2.75) is 4.21 Å². The van der Waals surface area contributed by atoms with Gasteiger partial charge < -0.3 is 14.8 Å². The molecule has 9 nitrogen and oxygen atoms in total. The van der Waals surface area contributed by atoms with Crippen LogP contribution >= 0.6 is 22.7 Å². The Balaban J connectivity index is 1.47. The number of rotatable bonds is 9. The lowest BCUT2D eigenvalue weighted by Gasteiger charge is -2.18. The molecule has 0 aliphatic rings. The van der Waals surface area contributed by atoms with Gasteiger partial charge in [-0.1, -0.05) is 6.07 Å². The summed E-state index contributed by atoms with van der Waals surface area (Å²) in [5.74, 6) is -1.00. The van der Waals surface area contributed by atoms with Gasteiger partial charge in [0, 0.05) is 7.05 Å². The number of hydrogen-bond acceptors (Lipinski definition) is 9. The molecule has 0 saturated heterocycles. The van der Waals surface area contributed by atoms with Crippen LogP contribution in [0.15, 0.2) is 57.4 Å². The number of ether oxygens (including phenoxy) is 2. The van der Waals surface area contributed by atoms with Gasteiger partial charge in [-0.05, 0) is 47.2 Å². The van der Waals surface area contributed by atoms with E-state index in [1.165, 1.54) is 36.6 Å². The van der Waals surface area contributed by atoms with E-state index in [2.05, 4.69) is 5.32 Å². The number of sulfonamides is 1. The third kappa shape index (κ3) is 5.64. The number of nitriles is 1. The molecule has 0 aliphatic carbocycles. The largest absolute Gasteiger partial charge is 0.482 e. The number of amides is 1. The highest BCUT2D eigenvalue weighted by atomic mass is 32.2. The molecule has 166 valence electrons. The van der Waals surface area contributed by atoms with Gasteiger partial charge in [0.25, 0.3) is 15.9 Å². The first-order chi connectivity index (χ1) is 15.3. The van der Waals surface area contributed by atoms with Crippen LogP contribution in [0, 0.1) is 11.3 Å². The van der Waals surface area contributed by atoms with E-state index < -0.39 is 35.1 Å². The lowest BCUT2D eigenvalue weighted by molar-refractivity contribution is -0.149. The van der Waals surface area contributed by atoms with Crippen LogP contribution in [-0.4, -0.2) is 40.6 Å². The Labute approximate surface area is 192 Å². The molecule has 0 fully saturated rings. The van der Waals surface area contributed by atoms with Crippen LogP contribution in [0.4, 0.5) is 10.7 Å². The molecule has 0 spiro atoms. The second-order valence-corrected chi connectivity index (χ2v) is 10.2. The summed E-state index contributed by atoms with van der Waals surface area (Å²) >= 11 is 2.32. The van der Waals surface area contributed by atoms with Gasteiger partial charge in [-0.3, -0.25) is 9.10 Å². The molecule has 0 aliphatic heterocycles. The van der Waals surface area contributed by atoms with Crippen LogP contribution < -0.4 is 14.4 Å². The summed E-state index contributed by atoms with van der Waals surface area (Å²) < 4.78 is 36.7. The summed E-state index contributed by atoms with van der Waals surface area (Å²) in [5.41, 5.74) is 0.755. The monoisotopic (exact) mass is 491 g/mol. The fraction of sp³-hybridized carbons (Fsp3) is 0.150. The van der Waals surface area contributed by atoms with Crippen LogP contribution in [0.1, 0.15) is 5.56 Å². The molecule has 2 heterocycles. The van der Waals surface area contributed by atoms with E-state index in [9.17, 15) is 18.0 Å². The van der Waals surface area contributed by atoms with E-state index in [1.54, 1.807) is 35.0 Å². The minimum Gasteiger partial charge on any atom is -0.482 e. The standard InChI is InChI=1S/C20H17N3O6S3/c1-23(32(26,27)19-3-2-9-30-19)15-4-6-16(7-5-15)28-13-18(25)29-12-17(24)22-20-14(11-21)8-10-31-20/h2-10H,12-13H2,1H3,(H,22,24). The zero-order valence-electron chi connectivity index (χ0n) is 16.7. The molecular formula is C20H17N3O6S3. The molecule has 0 bridgehead atoms. The average Bonchev–Trinajstić information content (AvgIpc) is 3.48. The zero-order valence-corrected chi connectivity index (χ0v) is 19.1. The smallest absolute Gasteiger partial charge is 0.344 e. The summed E-state index contributed by atoms with van der Waals surface area (Å²) in [4.78, 5) is 23.7. The normalized spacial score (nSPS) is 10.8. The number of hydrogen-bond donors (Lipinski definition) is 1. The van der Waals surface area contributed by atoms with E-state index in [0.29, 0.717) is 22.0 Å². The van der Waals surface area contributed by atoms with Crippen molar-refractivity contribution in [3.8, 4) is 11.8 Å². The average molecular weight is 492 g/mol. The maximum absolute atomic E-state index is 12.6. The van der Waals surface area contributed by atoms with Crippen molar-refractivity contribution in [1.29, 1.82) is 5.26 Å². The maximum atomic E-state index is 12.6. The van der Waals surface area contributed by atoms with E-state index in [1.807, 2.05) is 6.07 Å². The number of anilines is 2. The molecule has 0 atom stereocenters. The number of nitrogens with one attached hydrogen (secondary N) is 1. The first-order valence-corrected chi connectivity index (χ1v) is 12.2. The van der Waals surface area contributed by atoms with Crippen LogP contribution in [0.5, 0.6) is 5.75 Å². The summed E-state index contributed by atoms with van der Waals surface area (Å²) in [6.45, 7) is -0.951. The molecule has 0 saturated carbocycles. The quantitative estimate of drug-likeness (QED) is 0.456. The fourth-order valence-electron chi connectivity index (χ4n) is 2.42. The van der Waals surface area contributed by atoms with Gasteiger partial charge in [0.15, 0.2) is 13.2 Å². The Kier molecular flexibility index (Phi) is 7.47. The van der Waals surface area contributed by atoms with Crippen molar-refractivity contribution in [2.24, 2.45) is 0 Å². The Hall–Kier alpha value is -3.40. The zero-order chi connectivity index (χ0) is 23.1. The van der Waals surface area contributed by atoms with Crippen LogP contribution in [0.2, 0.25) is 0 Å². The molecule has 0 radical (unpaired) electrons. The topological polar surface area (TPSA) is 126 Å². The number of nitrogens with zero attached hydrogens (tertiary/aromatic N) is 2. The fourth-order valence-corrected chi connectivity index (χ4v) is 5.53. The molecule has 2 aromatic heterocycles. The van der Waals surface area contributed by atoms with Crippen LogP contribution in [0.25, 0.3) is 0 Å². The van der Waals surface area contributed by atoms with Gasteiger partial charge in [-0.15, -0.1) is 22.7 Å². The van der Waals surface area contributed by atoms with Gasteiger partial charge in [0.1, 0.15) is 21.0 Å². The highest BCUT2D eigenvalue weighted by Gasteiger charge is 2.22. The number of carbonyl (C=O) groups is 2. The number of esters is 1. The lowest BCUT2D eigenvalue weighted by atomic mass is 10.3. The number of thiophene rings is 2. The van der Waals surface area contributed by atoms with Gasteiger partial charge in [-0.25, -0.2) is 13.2 Å². The summed E-state index contributed by atoms with van der Waals surface area (Å²) in [7, 11) is -2.20. The molecule has 3 aromatic rings. The molecule has 12 heteroatoms. The number of carbonyl (C=O) groups excluding carboxylic acids is 2. The highest BCUT2D eigenvalue weighted by molar-refractivity contribution is 7.94. The van der Waals surface area contributed by atoms with Crippen molar-refractivity contribution in [2.75, 3.05) is 29.9 Å².